The lowest BCUT2D eigenvalue weighted by Gasteiger charge is -2.30. The average Bonchev–Trinajstić information content (AvgIpc) is 2.73. The molecule has 144 valence electrons. The highest BCUT2D eigenvalue weighted by Crippen LogP contribution is 2.24. The second kappa shape index (κ2) is 8.04. The fourth-order valence-electron chi connectivity index (χ4n) is 3.62. The summed E-state index contributed by atoms with van der Waals surface area (Å²) in [4.78, 5) is 21.3. The van der Waals surface area contributed by atoms with E-state index in [2.05, 4.69) is 16.0 Å². The third kappa shape index (κ3) is 4.03. The van der Waals surface area contributed by atoms with Gasteiger partial charge in [0.15, 0.2) is 0 Å². The van der Waals surface area contributed by atoms with Crippen molar-refractivity contribution >= 4 is 16.5 Å². The Hall–Kier alpha value is -2.83. The number of nitrogens with zero attached hydrogens (tertiary/aromatic N) is 2. The first-order valence-corrected chi connectivity index (χ1v) is 9.44. The van der Waals surface area contributed by atoms with Crippen LogP contribution < -0.4 is 5.56 Å². The lowest BCUT2D eigenvalue weighted by molar-refractivity contribution is 0.00492. The molecule has 1 aliphatic rings. The molecule has 0 saturated carbocycles. The van der Waals surface area contributed by atoms with Crippen LogP contribution in [-0.2, 0) is 6.42 Å². The van der Waals surface area contributed by atoms with E-state index in [-0.39, 0.29) is 11.4 Å². The molecule has 1 atom stereocenters. The third-order valence-electron chi connectivity index (χ3n) is 5.22. The lowest BCUT2D eigenvalue weighted by atomic mass is 9.99. The zero-order valence-corrected chi connectivity index (χ0v) is 15.4. The van der Waals surface area contributed by atoms with Crippen LogP contribution in [0.25, 0.3) is 16.5 Å². The summed E-state index contributed by atoms with van der Waals surface area (Å²) in [5.41, 5.74) is 3.49. The molecule has 1 aliphatic heterocycles. The largest absolute Gasteiger partial charge is 0.378 e. The topological polar surface area (TPSA) is 69.2 Å². The van der Waals surface area contributed by atoms with Gasteiger partial charge in [-0.25, -0.2) is 4.39 Å². The van der Waals surface area contributed by atoms with Gasteiger partial charge in [0.25, 0.3) is 5.56 Å². The highest BCUT2D eigenvalue weighted by Gasteiger charge is 2.19. The molecule has 3 heterocycles. The maximum Gasteiger partial charge on any atom is 0.257 e. The van der Waals surface area contributed by atoms with Gasteiger partial charge in [-0.05, 0) is 60.7 Å². The van der Waals surface area contributed by atoms with E-state index in [0.717, 1.165) is 24.2 Å². The minimum atomic E-state index is -0.589. The maximum absolute atomic E-state index is 13.1. The highest BCUT2D eigenvalue weighted by molar-refractivity contribution is 5.77. The first-order chi connectivity index (χ1) is 13.6. The van der Waals surface area contributed by atoms with Crippen molar-refractivity contribution in [3.63, 3.8) is 0 Å². The first kappa shape index (κ1) is 18.5. The van der Waals surface area contributed by atoms with Crippen molar-refractivity contribution in [3.8, 4) is 0 Å². The van der Waals surface area contributed by atoms with Crippen LogP contribution in [0.15, 0.2) is 59.5 Å². The molecule has 2 N–H and O–H groups in total. The lowest BCUT2D eigenvalue weighted by Crippen LogP contribution is -2.38. The van der Waals surface area contributed by atoms with Gasteiger partial charge in [-0.15, -0.1) is 0 Å². The van der Waals surface area contributed by atoms with Gasteiger partial charge >= 0.3 is 0 Å². The number of aryl methyl sites for hydroxylation is 1. The van der Waals surface area contributed by atoms with Crippen LogP contribution in [0.1, 0.15) is 24.1 Å². The summed E-state index contributed by atoms with van der Waals surface area (Å²) in [6.45, 7) is 1.38. The van der Waals surface area contributed by atoms with Crippen LogP contribution in [-0.4, -0.2) is 39.3 Å². The number of rotatable bonds is 5. The molecule has 2 aromatic heterocycles. The molecule has 0 amide bonds. The van der Waals surface area contributed by atoms with E-state index in [1.807, 2.05) is 11.0 Å². The number of nitrogens with one attached hydrogen (secondary N) is 1. The zero-order valence-electron chi connectivity index (χ0n) is 15.4. The van der Waals surface area contributed by atoms with Crippen molar-refractivity contribution in [1.29, 1.82) is 0 Å². The molecule has 0 saturated heterocycles. The minimum Gasteiger partial charge on any atom is -0.378 e. The Morgan fingerprint density at radius 3 is 2.82 bits per heavy atom. The number of aromatic nitrogens is 2. The van der Waals surface area contributed by atoms with Crippen molar-refractivity contribution in [1.82, 2.24) is 14.9 Å². The number of hydrogen-bond acceptors (Lipinski definition) is 4. The van der Waals surface area contributed by atoms with Crippen molar-refractivity contribution in [3.05, 3.63) is 82.2 Å². The molecule has 1 unspecified atom stereocenters. The summed E-state index contributed by atoms with van der Waals surface area (Å²) in [7, 11) is 0. The quantitative estimate of drug-likeness (QED) is 0.715. The molecule has 0 radical (unpaired) electrons. The van der Waals surface area contributed by atoms with E-state index in [9.17, 15) is 14.3 Å². The SMILES string of the molecule is O=c1[nH]c(CCC(O)N2CC=C(c3ccc(F)cc3)CC2)cc2ncccc12. The van der Waals surface area contributed by atoms with E-state index in [0.29, 0.717) is 30.3 Å². The van der Waals surface area contributed by atoms with Gasteiger partial charge in [-0.1, -0.05) is 18.2 Å². The second-order valence-electron chi connectivity index (χ2n) is 7.06. The monoisotopic (exact) mass is 379 g/mol. The number of aliphatic hydroxyl groups excluding tert-OH is 1. The van der Waals surface area contributed by atoms with Gasteiger partial charge in [0.1, 0.15) is 12.0 Å². The molecule has 0 bridgehead atoms. The predicted molar refractivity (Wildman–Crippen MR) is 107 cm³/mol. The van der Waals surface area contributed by atoms with Crippen LogP contribution in [0.5, 0.6) is 0 Å². The molecular weight excluding hydrogens is 357 g/mol. The number of H-pyrrole nitrogens is 1. The summed E-state index contributed by atoms with van der Waals surface area (Å²) >= 11 is 0. The fourth-order valence-corrected chi connectivity index (χ4v) is 3.62. The number of aromatic amines is 1. The summed E-state index contributed by atoms with van der Waals surface area (Å²) < 4.78 is 13.1. The Morgan fingerprint density at radius 2 is 2.07 bits per heavy atom. The van der Waals surface area contributed by atoms with E-state index in [1.54, 1.807) is 30.5 Å². The molecular formula is C22H22FN3O2. The molecule has 4 rings (SSSR count). The van der Waals surface area contributed by atoms with Crippen LogP contribution in [0.2, 0.25) is 0 Å². The van der Waals surface area contributed by atoms with Gasteiger partial charge in [0.2, 0.25) is 0 Å². The average molecular weight is 379 g/mol. The molecule has 0 fully saturated rings. The molecule has 3 aromatic rings. The van der Waals surface area contributed by atoms with Gasteiger partial charge in [-0.2, -0.15) is 0 Å². The molecule has 0 spiro atoms. The standard InChI is InChI=1S/C22H22FN3O2/c23-17-5-3-15(4-6-17)16-9-12-26(13-10-16)21(27)8-7-18-14-20-19(22(28)25-18)2-1-11-24-20/h1-6,9,11,14,21,27H,7-8,10,12-13H2,(H,25,28). The highest BCUT2D eigenvalue weighted by atomic mass is 19.1. The van der Waals surface area contributed by atoms with Gasteiger partial charge in [0.05, 0.1) is 10.9 Å². The number of pyridine rings is 2. The molecule has 6 heteroatoms. The number of fused-ring (bicyclic) bond motifs is 1. The zero-order chi connectivity index (χ0) is 19.5. The van der Waals surface area contributed by atoms with E-state index in [4.69, 9.17) is 0 Å². The normalized spacial score (nSPS) is 16.1. The van der Waals surface area contributed by atoms with Crippen molar-refractivity contribution in [2.24, 2.45) is 0 Å². The summed E-state index contributed by atoms with van der Waals surface area (Å²) in [6.07, 6.45) is 5.05. The van der Waals surface area contributed by atoms with Crippen molar-refractivity contribution in [2.45, 2.75) is 25.5 Å². The van der Waals surface area contributed by atoms with Crippen LogP contribution in [0.3, 0.4) is 0 Å². The second-order valence-corrected chi connectivity index (χ2v) is 7.06. The van der Waals surface area contributed by atoms with Crippen molar-refractivity contribution < 1.29 is 9.50 Å². The number of halogens is 1. The Bertz CT molecular complexity index is 1060. The number of benzene rings is 1. The number of aliphatic hydroxyl groups is 1. The van der Waals surface area contributed by atoms with E-state index < -0.39 is 6.23 Å². The maximum atomic E-state index is 13.1. The predicted octanol–water partition coefficient (Wildman–Crippen LogP) is 3.10. The Kier molecular flexibility index (Phi) is 5.32. The molecule has 0 aliphatic carbocycles. The number of hydrogen-bond donors (Lipinski definition) is 2. The van der Waals surface area contributed by atoms with Crippen molar-refractivity contribution in [2.75, 3.05) is 13.1 Å². The first-order valence-electron chi connectivity index (χ1n) is 9.44. The Labute approximate surface area is 162 Å². The molecule has 1 aromatic carbocycles. The van der Waals surface area contributed by atoms with Gasteiger partial charge in [-0.3, -0.25) is 14.7 Å². The van der Waals surface area contributed by atoms with E-state index >= 15 is 0 Å². The minimum absolute atomic E-state index is 0.153. The Balaban J connectivity index is 1.38. The van der Waals surface area contributed by atoms with Gasteiger partial charge in [0, 0.05) is 25.0 Å². The molecule has 5 nitrogen and oxygen atoms in total. The van der Waals surface area contributed by atoms with Gasteiger partial charge < -0.3 is 10.1 Å². The van der Waals surface area contributed by atoms with Crippen LogP contribution in [0.4, 0.5) is 4.39 Å². The third-order valence-corrected chi connectivity index (χ3v) is 5.22. The molecule has 28 heavy (non-hydrogen) atoms. The summed E-state index contributed by atoms with van der Waals surface area (Å²) in [5.74, 6) is -0.237. The van der Waals surface area contributed by atoms with E-state index in [1.165, 1.54) is 17.7 Å². The van der Waals surface area contributed by atoms with Crippen LogP contribution >= 0.6 is 0 Å². The summed E-state index contributed by atoms with van der Waals surface area (Å²) in [6, 6.07) is 11.9. The summed E-state index contributed by atoms with van der Waals surface area (Å²) in [5, 5.41) is 11.1. The van der Waals surface area contributed by atoms with Crippen LogP contribution in [0, 0.1) is 5.82 Å². The smallest absolute Gasteiger partial charge is 0.257 e. The Morgan fingerprint density at radius 1 is 1.25 bits per heavy atom. The fraction of sp³-hybridized carbons (Fsp3) is 0.273.